The second-order valence-electron chi connectivity index (χ2n) is 4.89. The lowest BCUT2D eigenvalue weighted by Crippen LogP contribution is -2.43. The molecule has 19 heavy (non-hydrogen) atoms. The Morgan fingerprint density at radius 1 is 1.47 bits per heavy atom. The number of nitrogens with zero attached hydrogens (tertiary/aromatic N) is 1. The molecule has 0 spiro atoms. The van der Waals surface area contributed by atoms with Gasteiger partial charge in [-0.3, -0.25) is 4.79 Å². The minimum absolute atomic E-state index is 0.123. The van der Waals surface area contributed by atoms with Crippen LogP contribution in [0.1, 0.15) is 16.7 Å². The van der Waals surface area contributed by atoms with Gasteiger partial charge in [-0.05, 0) is 30.5 Å². The van der Waals surface area contributed by atoms with Crippen molar-refractivity contribution in [3.8, 4) is 0 Å². The van der Waals surface area contributed by atoms with Crippen molar-refractivity contribution in [1.82, 2.24) is 15.5 Å². The van der Waals surface area contributed by atoms with E-state index >= 15 is 0 Å². The molecule has 0 aliphatic carbocycles. The molecular weight excluding hydrogens is 242 g/mol. The lowest BCUT2D eigenvalue weighted by Gasteiger charge is -2.18. The second kappa shape index (κ2) is 5.30. The number of hydrogen-bond acceptors (Lipinski definition) is 2. The maximum atomic E-state index is 12.0. The fourth-order valence-electron chi connectivity index (χ4n) is 2.16. The molecule has 1 heterocycles. The van der Waals surface area contributed by atoms with E-state index in [2.05, 4.69) is 10.6 Å². The van der Waals surface area contributed by atoms with E-state index in [0.717, 1.165) is 5.56 Å². The largest absolute Gasteiger partial charge is 0.350 e. The zero-order chi connectivity index (χ0) is 14.0. The average Bonchev–Trinajstić information content (AvgIpc) is 2.72. The Balaban J connectivity index is 1.97. The molecule has 1 aromatic carbocycles. The van der Waals surface area contributed by atoms with E-state index in [1.54, 1.807) is 7.05 Å². The zero-order valence-electron chi connectivity index (χ0n) is 11.5. The van der Waals surface area contributed by atoms with Gasteiger partial charge < -0.3 is 15.5 Å². The first-order valence-corrected chi connectivity index (χ1v) is 6.34. The van der Waals surface area contributed by atoms with Gasteiger partial charge in [-0.2, -0.15) is 0 Å². The van der Waals surface area contributed by atoms with Gasteiger partial charge in [0.15, 0.2) is 0 Å². The van der Waals surface area contributed by atoms with Gasteiger partial charge in [0.25, 0.3) is 0 Å². The fourth-order valence-corrected chi connectivity index (χ4v) is 2.16. The standard InChI is InChI=1S/C14H19N3O2/c1-9-5-4-6-11(10(9)2)7-15-13(18)12-8-16-14(19)17(12)3/h4-6,12H,7-8H2,1-3H3,(H,15,18)(H,16,19). The van der Waals surface area contributed by atoms with Crippen LogP contribution in [0.5, 0.6) is 0 Å². The Hall–Kier alpha value is -2.04. The minimum atomic E-state index is -0.419. The maximum absolute atomic E-state index is 12.0. The Bertz CT molecular complexity index is 513. The van der Waals surface area contributed by atoms with Crippen molar-refractivity contribution in [3.63, 3.8) is 0 Å². The molecule has 102 valence electrons. The Labute approximate surface area is 113 Å². The topological polar surface area (TPSA) is 61.4 Å². The van der Waals surface area contributed by atoms with Gasteiger partial charge in [0.2, 0.25) is 5.91 Å². The van der Waals surface area contributed by atoms with E-state index in [-0.39, 0.29) is 11.9 Å². The van der Waals surface area contributed by atoms with Crippen LogP contribution in [0, 0.1) is 13.8 Å². The third kappa shape index (κ3) is 2.70. The molecular formula is C14H19N3O2. The van der Waals surface area contributed by atoms with Crippen LogP contribution >= 0.6 is 0 Å². The summed E-state index contributed by atoms with van der Waals surface area (Å²) in [6.07, 6.45) is 0. The molecule has 5 heteroatoms. The number of aryl methyl sites for hydroxylation is 1. The van der Waals surface area contributed by atoms with Gasteiger partial charge in [-0.15, -0.1) is 0 Å². The molecule has 0 bridgehead atoms. The first-order chi connectivity index (χ1) is 9.00. The number of amides is 3. The first kappa shape index (κ1) is 13.4. The first-order valence-electron chi connectivity index (χ1n) is 6.34. The monoisotopic (exact) mass is 261 g/mol. The van der Waals surface area contributed by atoms with Crippen LogP contribution in [-0.2, 0) is 11.3 Å². The molecule has 2 N–H and O–H groups in total. The summed E-state index contributed by atoms with van der Waals surface area (Å²) in [5, 5.41) is 5.53. The van der Waals surface area contributed by atoms with Crippen molar-refractivity contribution in [1.29, 1.82) is 0 Å². The van der Waals surface area contributed by atoms with Crippen LogP contribution in [0.15, 0.2) is 18.2 Å². The number of nitrogens with one attached hydrogen (secondary N) is 2. The highest BCUT2D eigenvalue weighted by Crippen LogP contribution is 2.12. The van der Waals surface area contributed by atoms with Crippen molar-refractivity contribution < 1.29 is 9.59 Å². The van der Waals surface area contributed by atoms with E-state index in [4.69, 9.17) is 0 Å². The van der Waals surface area contributed by atoms with E-state index < -0.39 is 6.04 Å². The zero-order valence-corrected chi connectivity index (χ0v) is 11.5. The predicted octanol–water partition coefficient (Wildman–Crippen LogP) is 0.943. The maximum Gasteiger partial charge on any atom is 0.317 e. The Morgan fingerprint density at radius 2 is 2.21 bits per heavy atom. The second-order valence-corrected chi connectivity index (χ2v) is 4.89. The third-order valence-electron chi connectivity index (χ3n) is 3.71. The molecule has 1 unspecified atom stereocenters. The molecule has 1 saturated heterocycles. The SMILES string of the molecule is Cc1cccc(CNC(=O)C2CNC(=O)N2C)c1C. The number of likely N-dealkylation sites (N-methyl/N-ethyl adjacent to an activating group) is 1. The van der Waals surface area contributed by atoms with Crippen LogP contribution < -0.4 is 10.6 Å². The molecule has 3 amide bonds. The quantitative estimate of drug-likeness (QED) is 0.850. The van der Waals surface area contributed by atoms with Crippen molar-refractivity contribution in [2.24, 2.45) is 0 Å². The molecule has 1 aliphatic heterocycles. The van der Waals surface area contributed by atoms with Crippen LogP contribution in [-0.4, -0.2) is 36.5 Å². The van der Waals surface area contributed by atoms with Gasteiger partial charge in [0, 0.05) is 20.1 Å². The summed E-state index contributed by atoms with van der Waals surface area (Å²) in [4.78, 5) is 24.8. The van der Waals surface area contributed by atoms with Gasteiger partial charge in [0.1, 0.15) is 6.04 Å². The summed E-state index contributed by atoms with van der Waals surface area (Å²) >= 11 is 0. The molecule has 2 rings (SSSR count). The molecule has 1 aromatic rings. The summed E-state index contributed by atoms with van der Waals surface area (Å²) in [6, 6.07) is 5.42. The highest BCUT2D eigenvalue weighted by atomic mass is 16.2. The number of rotatable bonds is 3. The van der Waals surface area contributed by atoms with E-state index in [9.17, 15) is 9.59 Å². The number of benzene rings is 1. The Kier molecular flexibility index (Phi) is 3.74. The van der Waals surface area contributed by atoms with Crippen LogP contribution in [0.4, 0.5) is 4.79 Å². The summed E-state index contributed by atoms with van der Waals surface area (Å²) in [5.41, 5.74) is 3.51. The predicted molar refractivity (Wildman–Crippen MR) is 72.7 cm³/mol. The fraction of sp³-hybridized carbons (Fsp3) is 0.429. The lowest BCUT2D eigenvalue weighted by molar-refractivity contribution is -0.124. The van der Waals surface area contributed by atoms with E-state index in [0.29, 0.717) is 13.1 Å². The molecule has 5 nitrogen and oxygen atoms in total. The highest BCUT2D eigenvalue weighted by Gasteiger charge is 2.32. The van der Waals surface area contributed by atoms with Crippen molar-refractivity contribution >= 4 is 11.9 Å². The lowest BCUT2D eigenvalue weighted by atomic mass is 10.0. The van der Waals surface area contributed by atoms with Crippen LogP contribution in [0.25, 0.3) is 0 Å². The van der Waals surface area contributed by atoms with Gasteiger partial charge in [-0.25, -0.2) is 4.79 Å². The molecule has 0 saturated carbocycles. The number of carbonyl (C=O) groups excluding carboxylic acids is 2. The summed E-state index contributed by atoms with van der Waals surface area (Å²) in [5.74, 6) is -0.123. The molecule has 0 aromatic heterocycles. The van der Waals surface area contributed by atoms with Gasteiger partial charge >= 0.3 is 6.03 Å². The molecule has 0 radical (unpaired) electrons. The van der Waals surface area contributed by atoms with Crippen molar-refractivity contribution in [3.05, 3.63) is 34.9 Å². The summed E-state index contributed by atoms with van der Waals surface area (Å²) in [6.45, 7) is 4.95. The van der Waals surface area contributed by atoms with E-state index in [1.165, 1.54) is 16.0 Å². The third-order valence-corrected chi connectivity index (χ3v) is 3.71. The van der Waals surface area contributed by atoms with Crippen LogP contribution in [0.3, 0.4) is 0 Å². The molecule has 1 aliphatic rings. The number of urea groups is 1. The van der Waals surface area contributed by atoms with Crippen molar-refractivity contribution in [2.75, 3.05) is 13.6 Å². The summed E-state index contributed by atoms with van der Waals surface area (Å²) < 4.78 is 0. The molecule has 1 fully saturated rings. The normalized spacial score (nSPS) is 18.4. The average molecular weight is 261 g/mol. The van der Waals surface area contributed by atoms with E-state index in [1.807, 2.05) is 32.0 Å². The summed E-state index contributed by atoms with van der Waals surface area (Å²) in [7, 11) is 1.63. The Morgan fingerprint density at radius 3 is 2.84 bits per heavy atom. The highest BCUT2D eigenvalue weighted by molar-refractivity contribution is 5.90. The van der Waals surface area contributed by atoms with Crippen LogP contribution in [0.2, 0.25) is 0 Å². The van der Waals surface area contributed by atoms with Gasteiger partial charge in [-0.1, -0.05) is 18.2 Å². The number of carbonyl (C=O) groups is 2. The smallest absolute Gasteiger partial charge is 0.317 e. The molecule has 1 atom stereocenters. The minimum Gasteiger partial charge on any atom is -0.350 e. The van der Waals surface area contributed by atoms with Crippen molar-refractivity contribution in [2.45, 2.75) is 26.4 Å². The van der Waals surface area contributed by atoms with Gasteiger partial charge in [0.05, 0.1) is 0 Å². The number of hydrogen-bond donors (Lipinski definition) is 2.